The zero-order valence-corrected chi connectivity index (χ0v) is 26.0. The minimum absolute atomic E-state index is 0.0833. The fraction of sp³-hybridized carbons (Fsp3) is 0.375. The summed E-state index contributed by atoms with van der Waals surface area (Å²) in [5.74, 6) is -0.643. The van der Waals surface area contributed by atoms with Crippen LogP contribution in [0.1, 0.15) is 56.6 Å². The van der Waals surface area contributed by atoms with Crippen LogP contribution in [-0.2, 0) is 26.2 Å². The van der Waals surface area contributed by atoms with E-state index < -0.39 is 28.5 Å². The zero-order chi connectivity index (χ0) is 29.4. The lowest BCUT2D eigenvalue weighted by Gasteiger charge is -2.34. The van der Waals surface area contributed by atoms with Gasteiger partial charge in [0.15, 0.2) is 0 Å². The maximum absolute atomic E-state index is 14.2. The minimum atomic E-state index is -4.09. The van der Waals surface area contributed by atoms with Gasteiger partial charge in [-0.25, -0.2) is 8.42 Å². The number of halogens is 1. The van der Waals surface area contributed by atoms with Crippen molar-refractivity contribution in [1.29, 1.82) is 0 Å². The molecule has 0 aliphatic heterocycles. The van der Waals surface area contributed by atoms with Crippen molar-refractivity contribution < 1.29 is 18.0 Å². The molecule has 0 bridgehead atoms. The van der Waals surface area contributed by atoms with Crippen molar-refractivity contribution >= 4 is 43.5 Å². The number of carbonyl (C=O) groups excluding carboxylic acids is 2. The minimum Gasteiger partial charge on any atom is -0.352 e. The molecule has 1 saturated carbocycles. The standard InChI is InChI=1S/C32H38BrN3O4S/c1-3-30(32(38)34-27-12-6-4-7-13-27)35(22-25-19-17-24(2)18-20-25)31(37)23-36(28-14-10-11-26(33)21-28)41(39,40)29-15-8-5-9-16-29/h5,8-11,14-21,27,30H,3-4,6-7,12-13,22-23H2,1-2H3,(H,34,38)/t30-/m1/s1. The van der Waals surface area contributed by atoms with Crippen molar-refractivity contribution in [3.63, 3.8) is 0 Å². The fourth-order valence-electron chi connectivity index (χ4n) is 5.23. The maximum Gasteiger partial charge on any atom is 0.264 e. The van der Waals surface area contributed by atoms with E-state index in [0.29, 0.717) is 16.6 Å². The van der Waals surface area contributed by atoms with E-state index in [4.69, 9.17) is 0 Å². The van der Waals surface area contributed by atoms with Crippen LogP contribution in [0.4, 0.5) is 5.69 Å². The van der Waals surface area contributed by atoms with Gasteiger partial charge in [-0.05, 0) is 62.1 Å². The molecule has 41 heavy (non-hydrogen) atoms. The summed E-state index contributed by atoms with van der Waals surface area (Å²) in [5.41, 5.74) is 2.31. The first-order chi connectivity index (χ1) is 19.7. The van der Waals surface area contributed by atoms with Gasteiger partial charge in [0.1, 0.15) is 12.6 Å². The molecule has 4 rings (SSSR count). The van der Waals surface area contributed by atoms with Crippen LogP contribution in [-0.4, -0.2) is 43.8 Å². The molecule has 0 spiro atoms. The lowest BCUT2D eigenvalue weighted by atomic mass is 9.95. The van der Waals surface area contributed by atoms with Crippen LogP contribution in [0.5, 0.6) is 0 Å². The van der Waals surface area contributed by atoms with E-state index in [9.17, 15) is 18.0 Å². The van der Waals surface area contributed by atoms with Gasteiger partial charge in [-0.1, -0.05) is 96.2 Å². The highest BCUT2D eigenvalue weighted by atomic mass is 79.9. The third-order valence-corrected chi connectivity index (χ3v) is 9.80. The van der Waals surface area contributed by atoms with Crippen LogP contribution in [0, 0.1) is 6.92 Å². The Labute approximate surface area is 252 Å². The third-order valence-electron chi connectivity index (χ3n) is 7.52. The highest BCUT2D eigenvalue weighted by Gasteiger charge is 2.34. The Bertz CT molecular complexity index is 1420. The summed E-state index contributed by atoms with van der Waals surface area (Å²) in [6.07, 6.45) is 5.58. The molecule has 0 radical (unpaired) electrons. The lowest BCUT2D eigenvalue weighted by molar-refractivity contribution is -0.140. The number of sulfonamides is 1. The molecule has 1 aliphatic rings. The van der Waals surface area contributed by atoms with Crippen LogP contribution in [0.25, 0.3) is 0 Å². The Morgan fingerprint density at radius 1 is 0.951 bits per heavy atom. The number of benzene rings is 3. The van der Waals surface area contributed by atoms with E-state index in [1.807, 2.05) is 38.1 Å². The van der Waals surface area contributed by atoms with Crippen molar-refractivity contribution in [2.45, 2.75) is 75.9 Å². The summed E-state index contributed by atoms with van der Waals surface area (Å²) in [4.78, 5) is 29.4. The predicted molar refractivity (Wildman–Crippen MR) is 166 cm³/mol. The smallest absolute Gasteiger partial charge is 0.264 e. The second-order valence-corrected chi connectivity index (χ2v) is 13.4. The Morgan fingerprint density at radius 2 is 1.63 bits per heavy atom. The van der Waals surface area contributed by atoms with E-state index in [-0.39, 0.29) is 23.4 Å². The molecule has 218 valence electrons. The summed E-state index contributed by atoms with van der Waals surface area (Å²) in [7, 11) is -4.09. The van der Waals surface area contributed by atoms with Crippen molar-refractivity contribution in [1.82, 2.24) is 10.2 Å². The molecular formula is C32H38BrN3O4S. The number of aryl methyl sites for hydroxylation is 1. The number of hydrogen-bond donors (Lipinski definition) is 1. The first-order valence-electron chi connectivity index (χ1n) is 14.2. The van der Waals surface area contributed by atoms with Crippen molar-refractivity contribution in [3.05, 3.63) is 94.5 Å². The van der Waals surface area contributed by atoms with Gasteiger partial charge >= 0.3 is 0 Å². The number of anilines is 1. The number of nitrogens with zero attached hydrogens (tertiary/aromatic N) is 2. The molecule has 1 N–H and O–H groups in total. The maximum atomic E-state index is 14.2. The Hall–Kier alpha value is -3.17. The van der Waals surface area contributed by atoms with Crippen LogP contribution in [0.3, 0.4) is 0 Å². The molecule has 7 nitrogen and oxygen atoms in total. The zero-order valence-electron chi connectivity index (χ0n) is 23.6. The Morgan fingerprint density at radius 3 is 2.27 bits per heavy atom. The first-order valence-corrected chi connectivity index (χ1v) is 16.4. The summed E-state index contributed by atoms with van der Waals surface area (Å²) < 4.78 is 29.6. The van der Waals surface area contributed by atoms with Crippen molar-refractivity contribution in [2.24, 2.45) is 0 Å². The molecule has 0 aromatic heterocycles. The number of carbonyl (C=O) groups is 2. The fourth-order valence-corrected chi connectivity index (χ4v) is 7.05. The molecule has 0 heterocycles. The molecule has 1 fully saturated rings. The lowest BCUT2D eigenvalue weighted by Crippen LogP contribution is -2.54. The van der Waals surface area contributed by atoms with E-state index >= 15 is 0 Å². The molecular weight excluding hydrogens is 602 g/mol. The van der Waals surface area contributed by atoms with Gasteiger partial charge in [-0.3, -0.25) is 13.9 Å². The second-order valence-electron chi connectivity index (χ2n) is 10.6. The highest BCUT2D eigenvalue weighted by Crippen LogP contribution is 2.27. The molecule has 1 aliphatic carbocycles. The van der Waals surface area contributed by atoms with Crippen molar-refractivity contribution in [2.75, 3.05) is 10.8 Å². The molecule has 0 saturated heterocycles. The molecule has 0 unspecified atom stereocenters. The topological polar surface area (TPSA) is 86.8 Å². The summed E-state index contributed by atoms with van der Waals surface area (Å²) >= 11 is 3.43. The summed E-state index contributed by atoms with van der Waals surface area (Å²) in [6, 6.07) is 22.1. The molecule has 2 amide bonds. The van der Waals surface area contributed by atoms with Crippen LogP contribution >= 0.6 is 15.9 Å². The van der Waals surface area contributed by atoms with Gasteiger partial charge < -0.3 is 10.2 Å². The predicted octanol–water partition coefficient (Wildman–Crippen LogP) is 6.21. The van der Waals surface area contributed by atoms with E-state index in [2.05, 4.69) is 21.2 Å². The largest absolute Gasteiger partial charge is 0.352 e. The second kappa shape index (κ2) is 14.1. The Kier molecular flexibility index (Phi) is 10.6. The van der Waals surface area contributed by atoms with Crippen LogP contribution < -0.4 is 9.62 Å². The summed E-state index contributed by atoms with van der Waals surface area (Å²) in [5, 5.41) is 3.18. The van der Waals surface area contributed by atoms with E-state index in [1.54, 1.807) is 42.5 Å². The molecule has 1 atom stereocenters. The number of amides is 2. The summed E-state index contributed by atoms with van der Waals surface area (Å²) in [6.45, 7) is 3.61. The average molecular weight is 641 g/mol. The number of hydrogen-bond acceptors (Lipinski definition) is 4. The first kappa shape index (κ1) is 30.8. The van der Waals surface area contributed by atoms with Gasteiger partial charge in [0, 0.05) is 17.1 Å². The highest BCUT2D eigenvalue weighted by molar-refractivity contribution is 9.10. The molecule has 3 aromatic rings. The molecule has 9 heteroatoms. The third kappa shape index (κ3) is 7.98. The Balaban J connectivity index is 1.69. The normalized spacial score (nSPS) is 14.7. The number of rotatable bonds is 11. The van der Waals surface area contributed by atoms with Crippen LogP contribution in [0.2, 0.25) is 0 Å². The SMILES string of the molecule is CC[C@H](C(=O)NC1CCCCC1)N(Cc1ccc(C)cc1)C(=O)CN(c1cccc(Br)c1)S(=O)(=O)c1ccccc1. The van der Waals surface area contributed by atoms with Gasteiger partial charge in [-0.15, -0.1) is 0 Å². The van der Waals surface area contributed by atoms with Gasteiger partial charge in [0.25, 0.3) is 10.0 Å². The van der Waals surface area contributed by atoms with Crippen LogP contribution in [0.15, 0.2) is 88.2 Å². The monoisotopic (exact) mass is 639 g/mol. The van der Waals surface area contributed by atoms with Crippen molar-refractivity contribution in [3.8, 4) is 0 Å². The van der Waals surface area contributed by atoms with Gasteiger partial charge in [-0.2, -0.15) is 0 Å². The van der Waals surface area contributed by atoms with E-state index in [0.717, 1.165) is 41.1 Å². The molecule has 3 aromatic carbocycles. The van der Waals surface area contributed by atoms with Gasteiger partial charge in [0.05, 0.1) is 10.6 Å². The number of nitrogens with one attached hydrogen (secondary N) is 1. The van der Waals surface area contributed by atoms with Gasteiger partial charge in [0.2, 0.25) is 11.8 Å². The quantitative estimate of drug-likeness (QED) is 0.270. The van der Waals surface area contributed by atoms with E-state index in [1.165, 1.54) is 23.5 Å². The average Bonchev–Trinajstić information content (AvgIpc) is 2.97.